The highest BCUT2D eigenvalue weighted by Crippen LogP contribution is 2.34. The fourth-order valence-corrected chi connectivity index (χ4v) is 4.56. The van der Waals surface area contributed by atoms with Gasteiger partial charge in [0.05, 0.1) is 6.10 Å². The minimum Gasteiger partial charge on any atom is -0.373 e. The van der Waals surface area contributed by atoms with Crippen molar-refractivity contribution in [2.75, 3.05) is 19.7 Å². The van der Waals surface area contributed by atoms with E-state index in [-0.39, 0.29) is 6.10 Å². The number of nitrogens with zero attached hydrogens (tertiary/aromatic N) is 1. The summed E-state index contributed by atoms with van der Waals surface area (Å²) in [6.07, 6.45) is 2.23. The number of thiophene rings is 1. The van der Waals surface area contributed by atoms with Crippen LogP contribution in [0.3, 0.4) is 0 Å². The zero-order valence-electron chi connectivity index (χ0n) is 16.6. The van der Waals surface area contributed by atoms with E-state index in [4.69, 9.17) is 9.73 Å². The van der Waals surface area contributed by atoms with E-state index >= 15 is 0 Å². The van der Waals surface area contributed by atoms with Crippen molar-refractivity contribution >= 4 is 17.3 Å². The lowest BCUT2D eigenvalue weighted by Crippen LogP contribution is -2.43. The Hall–Kier alpha value is -1.85. The summed E-state index contributed by atoms with van der Waals surface area (Å²) in [5.41, 5.74) is 1.26. The Morgan fingerprint density at radius 1 is 1.26 bits per heavy atom. The van der Waals surface area contributed by atoms with Gasteiger partial charge in [-0.3, -0.25) is 4.99 Å². The lowest BCUT2D eigenvalue weighted by molar-refractivity contribution is 0.0925. The van der Waals surface area contributed by atoms with E-state index in [2.05, 4.69) is 73.9 Å². The van der Waals surface area contributed by atoms with Gasteiger partial charge in [-0.25, -0.2) is 0 Å². The first-order valence-electron chi connectivity index (χ1n) is 9.92. The molecule has 0 radical (unpaired) electrons. The number of hydrogen-bond donors (Lipinski definition) is 2. The third-order valence-corrected chi connectivity index (χ3v) is 5.88. The van der Waals surface area contributed by atoms with Crippen LogP contribution in [0, 0.1) is 12.8 Å². The van der Waals surface area contributed by atoms with Crippen LogP contribution in [0.1, 0.15) is 41.7 Å². The molecule has 2 aromatic rings. The Morgan fingerprint density at radius 3 is 2.78 bits per heavy atom. The van der Waals surface area contributed by atoms with E-state index in [0.717, 1.165) is 38.5 Å². The molecular weight excluding hydrogens is 354 g/mol. The highest BCUT2D eigenvalue weighted by molar-refractivity contribution is 7.11. The van der Waals surface area contributed by atoms with Gasteiger partial charge in [0.2, 0.25) is 0 Å². The van der Waals surface area contributed by atoms with E-state index < -0.39 is 0 Å². The summed E-state index contributed by atoms with van der Waals surface area (Å²) in [6.45, 7) is 8.94. The third kappa shape index (κ3) is 5.81. The topological polar surface area (TPSA) is 45.7 Å². The van der Waals surface area contributed by atoms with Gasteiger partial charge in [-0.2, -0.15) is 0 Å². The molecule has 0 spiro atoms. The van der Waals surface area contributed by atoms with Crippen molar-refractivity contribution < 1.29 is 4.74 Å². The van der Waals surface area contributed by atoms with Gasteiger partial charge >= 0.3 is 0 Å². The average molecular weight is 386 g/mol. The fraction of sp³-hybridized carbons (Fsp3) is 0.500. The van der Waals surface area contributed by atoms with Crippen LogP contribution in [0.5, 0.6) is 0 Å². The van der Waals surface area contributed by atoms with E-state index in [1.807, 2.05) is 11.3 Å². The van der Waals surface area contributed by atoms with Crippen LogP contribution in [0.4, 0.5) is 0 Å². The molecule has 0 saturated carbocycles. The lowest BCUT2D eigenvalue weighted by atomic mass is 9.95. The highest BCUT2D eigenvalue weighted by atomic mass is 32.1. The molecule has 1 aliphatic rings. The van der Waals surface area contributed by atoms with E-state index in [0.29, 0.717) is 12.0 Å². The zero-order chi connectivity index (χ0) is 19.1. The number of nitrogens with one attached hydrogen (secondary N) is 2. The quantitative estimate of drug-likeness (QED) is 0.551. The smallest absolute Gasteiger partial charge is 0.191 e. The van der Waals surface area contributed by atoms with Crippen LogP contribution in [-0.2, 0) is 11.2 Å². The van der Waals surface area contributed by atoms with Gasteiger partial charge in [0, 0.05) is 47.8 Å². The third-order valence-electron chi connectivity index (χ3n) is 4.86. The predicted molar refractivity (Wildman–Crippen MR) is 115 cm³/mol. The number of hydrogen-bond acceptors (Lipinski definition) is 3. The Bertz CT molecular complexity index is 728. The monoisotopic (exact) mass is 385 g/mol. The molecule has 5 heteroatoms. The van der Waals surface area contributed by atoms with Crippen molar-refractivity contribution in [1.82, 2.24) is 10.6 Å². The van der Waals surface area contributed by atoms with Crippen LogP contribution < -0.4 is 10.6 Å². The van der Waals surface area contributed by atoms with E-state index in [9.17, 15) is 0 Å². The highest BCUT2D eigenvalue weighted by Gasteiger charge is 2.29. The van der Waals surface area contributed by atoms with Crippen molar-refractivity contribution in [2.45, 2.75) is 45.8 Å². The second-order valence-electron chi connectivity index (χ2n) is 7.23. The Kier molecular flexibility index (Phi) is 7.30. The average Bonchev–Trinajstić information content (AvgIpc) is 3.29. The molecule has 4 nitrogen and oxygen atoms in total. The van der Waals surface area contributed by atoms with Gasteiger partial charge < -0.3 is 15.4 Å². The molecule has 3 unspecified atom stereocenters. The molecule has 1 saturated heterocycles. The molecule has 1 aromatic carbocycles. The standard InChI is InChI=1S/C22H31N3OS/c1-4-23-22(25-16(2)14-20-11-10-17(3)27-20)24-15-19-12-13-26-21(19)18-8-6-5-7-9-18/h5-11,16,19,21H,4,12-15H2,1-3H3,(H2,23,24,25). The Balaban J connectivity index is 1.59. The molecule has 3 rings (SSSR count). The first-order chi connectivity index (χ1) is 13.2. The molecule has 0 aliphatic carbocycles. The maximum Gasteiger partial charge on any atom is 0.191 e. The van der Waals surface area contributed by atoms with Crippen LogP contribution in [0.15, 0.2) is 47.5 Å². The summed E-state index contributed by atoms with van der Waals surface area (Å²) in [5.74, 6) is 1.33. The molecule has 1 aliphatic heterocycles. The van der Waals surface area contributed by atoms with E-state index in [1.54, 1.807) is 0 Å². The number of rotatable bonds is 7. The second-order valence-corrected chi connectivity index (χ2v) is 8.60. The van der Waals surface area contributed by atoms with Crippen LogP contribution in [0.2, 0.25) is 0 Å². The molecule has 27 heavy (non-hydrogen) atoms. The van der Waals surface area contributed by atoms with Crippen molar-refractivity contribution in [1.29, 1.82) is 0 Å². The van der Waals surface area contributed by atoms with Gasteiger partial charge in [-0.05, 0) is 44.9 Å². The number of guanidine groups is 1. The molecule has 3 atom stereocenters. The molecule has 2 N–H and O–H groups in total. The summed E-state index contributed by atoms with van der Waals surface area (Å²) in [6, 6.07) is 15.3. The molecule has 1 fully saturated rings. The summed E-state index contributed by atoms with van der Waals surface area (Å²) >= 11 is 1.87. The first kappa shape index (κ1) is 19.9. The number of ether oxygens (including phenoxy) is 1. The van der Waals surface area contributed by atoms with Crippen molar-refractivity contribution in [2.24, 2.45) is 10.9 Å². The molecule has 0 amide bonds. The maximum absolute atomic E-state index is 6.00. The SMILES string of the molecule is CCNC(=NCC1CCOC1c1ccccc1)NC(C)Cc1ccc(C)s1. The zero-order valence-corrected chi connectivity index (χ0v) is 17.4. The van der Waals surface area contributed by atoms with Crippen molar-refractivity contribution in [3.8, 4) is 0 Å². The Labute approximate surface area is 167 Å². The number of aryl methyl sites for hydroxylation is 1. The minimum atomic E-state index is 0.157. The molecular formula is C22H31N3OS. The molecule has 1 aromatic heterocycles. The van der Waals surface area contributed by atoms with Crippen LogP contribution in [0.25, 0.3) is 0 Å². The Morgan fingerprint density at radius 2 is 2.07 bits per heavy atom. The lowest BCUT2D eigenvalue weighted by Gasteiger charge is -2.20. The maximum atomic E-state index is 6.00. The first-order valence-corrected chi connectivity index (χ1v) is 10.7. The van der Waals surface area contributed by atoms with Gasteiger partial charge in [-0.15, -0.1) is 11.3 Å². The minimum absolute atomic E-state index is 0.157. The second kappa shape index (κ2) is 9.90. The van der Waals surface area contributed by atoms with Gasteiger partial charge in [0.15, 0.2) is 5.96 Å². The molecule has 146 valence electrons. The molecule has 0 bridgehead atoms. The number of aliphatic imine (C=N–C) groups is 1. The van der Waals surface area contributed by atoms with Gasteiger partial charge in [0.25, 0.3) is 0 Å². The summed E-state index contributed by atoms with van der Waals surface area (Å²) in [7, 11) is 0. The largest absolute Gasteiger partial charge is 0.373 e. The fourth-order valence-electron chi connectivity index (χ4n) is 3.54. The van der Waals surface area contributed by atoms with E-state index in [1.165, 1.54) is 15.3 Å². The van der Waals surface area contributed by atoms with Crippen molar-refractivity contribution in [3.05, 3.63) is 57.8 Å². The summed E-state index contributed by atoms with van der Waals surface area (Å²) < 4.78 is 6.00. The van der Waals surface area contributed by atoms with Crippen LogP contribution in [-0.4, -0.2) is 31.7 Å². The summed E-state index contributed by atoms with van der Waals surface area (Å²) in [5, 5.41) is 6.94. The van der Waals surface area contributed by atoms with Crippen LogP contribution >= 0.6 is 11.3 Å². The normalized spacial score (nSPS) is 21.2. The van der Waals surface area contributed by atoms with Crippen molar-refractivity contribution in [3.63, 3.8) is 0 Å². The number of benzene rings is 1. The predicted octanol–water partition coefficient (Wildman–Crippen LogP) is 4.32. The van der Waals surface area contributed by atoms with Gasteiger partial charge in [0.1, 0.15) is 0 Å². The summed E-state index contributed by atoms with van der Waals surface area (Å²) in [4.78, 5) is 7.66. The van der Waals surface area contributed by atoms with Gasteiger partial charge in [-0.1, -0.05) is 30.3 Å². The molecule has 2 heterocycles.